The van der Waals surface area contributed by atoms with E-state index in [9.17, 15) is 9.59 Å². The van der Waals surface area contributed by atoms with Crippen molar-refractivity contribution in [1.82, 2.24) is 4.90 Å². The number of anilines is 1. The molecule has 0 aliphatic heterocycles. The smallest absolute Gasteiger partial charge is 0.249 e. The number of methoxy groups -OCH3 is 1. The average molecular weight is 251 g/mol. The molecule has 0 unspecified atom stereocenters. The molecular formula is C12H17N3O3. The van der Waals surface area contributed by atoms with Crippen molar-refractivity contribution in [2.75, 3.05) is 26.0 Å². The Morgan fingerprint density at radius 2 is 1.89 bits per heavy atom. The van der Waals surface area contributed by atoms with Gasteiger partial charge >= 0.3 is 0 Å². The molecule has 1 aromatic rings. The molecule has 18 heavy (non-hydrogen) atoms. The Kier molecular flexibility index (Phi) is 5.13. The molecular weight excluding hydrogens is 234 g/mol. The second kappa shape index (κ2) is 6.61. The third kappa shape index (κ3) is 4.42. The summed E-state index contributed by atoms with van der Waals surface area (Å²) in [5, 5.41) is 0. The minimum atomic E-state index is -0.560. The summed E-state index contributed by atoms with van der Waals surface area (Å²) in [6, 6.07) is 7.06. The number of benzene rings is 1. The Labute approximate surface area is 105 Å². The van der Waals surface area contributed by atoms with E-state index >= 15 is 0 Å². The predicted octanol–water partition coefficient (Wildman–Crippen LogP) is -0.271. The maximum atomic E-state index is 11.7. The lowest BCUT2D eigenvalue weighted by Gasteiger charge is -2.21. The van der Waals surface area contributed by atoms with Crippen LogP contribution in [-0.2, 0) is 20.9 Å². The molecule has 0 saturated carbocycles. The summed E-state index contributed by atoms with van der Waals surface area (Å²) in [6.07, 6.45) is 0. The summed E-state index contributed by atoms with van der Waals surface area (Å²) in [5.74, 6) is -0.844. The van der Waals surface area contributed by atoms with Gasteiger partial charge in [0.25, 0.3) is 0 Å². The lowest BCUT2D eigenvalue weighted by molar-refractivity contribution is -0.139. The number of nitrogens with zero attached hydrogens (tertiary/aromatic N) is 1. The summed E-state index contributed by atoms with van der Waals surface area (Å²) < 4.78 is 4.76. The molecule has 6 nitrogen and oxygen atoms in total. The zero-order valence-corrected chi connectivity index (χ0v) is 10.3. The standard InChI is InChI=1S/C12H17N3O3/c1-18-8-12(17)15(7-11(14)16)6-9-2-4-10(13)5-3-9/h2-5H,6-8,13H2,1H3,(H2,14,16). The molecule has 0 bridgehead atoms. The van der Waals surface area contributed by atoms with E-state index in [0.29, 0.717) is 12.2 Å². The van der Waals surface area contributed by atoms with Crippen molar-refractivity contribution in [2.45, 2.75) is 6.54 Å². The molecule has 0 spiro atoms. The van der Waals surface area contributed by atoms with Crippen molar-refractivity contribution >= 4 is 17.5 Å². The van der Waals surface area contributed by atoms with Crippen molar-refractivity contribution in [1.29, 1.82) is 0 Å². The Morgan fingerprint density at radius 3 is 2.39 bits per heavy atom. The van der Waals surface area contributed by atoms with Gasteiger partial charge in [-0.3, -0.25) is 9.59 Å². The lowest BCUT2D eigenvalue weighted by atomic mass is 10.2. The van der Waals surface area contributed by atoms with Crippen LogP contribution in [0.15, 0.2) is 24.3 Å². The van der Waals surface area contributed by atoms with Gasteiger partial charge in [-0.25, -0.2) is 0 Å². The molecule has 0 aliphatic rings. The number of nitrogens with two attached hydrogens (primary N) is 2. The van der Waals surface area contributed by atoms with E-state index in [1.54, 1.807) is 24.3 Å². The van der Waals surface area contributed by atoms with E-state index in [1.807, 2.05) is 0 Å². The monoisotopic (exact) mass is 251 g/mol. The van der Waals surface area contributed by atoms with Crippen molar-refractivity contribution in [3.63, 3.8) is 0 Å². The zero-order chi connectivity index (χ0) is 13.5. The number of ether oxygens (including phenoxy) is 1. The molecule has 0 fully saturated rings. The average Bonchev–Trinajstić information content (AvgIpc) is 2.31. The second-order valence-electron chi connectivity index (χ2n) is 3.89. The maximum Gasteiger partial charge on any atom is 0.249 e. The molecule has 0 aliphatic carbocycles. The van der Waals surface area contributed by atoms with Gasteiger partial charge < -0.3 is 21.1 Å². The SMILES string of the molecule is COCC(=O)N(CC(N)=O)Cc1ccc(N)cc1. The van der Waals surface area contributed by atoms with Gasteiger partial charge in [0.2, 0.25) is 11.8 Å². The van der Waals surface area contributed by atoms with Crippen LogP contribution in [-0.4, -0.2) is 37.0 Å². The first-order valence-corrected chi connectivity index (χ1v) is 5.42. The van der Waals surface area contributed by atoms with Crippen molar-refractivity contribution in [2.24, 2.45) is 5.73 Å². The van der Waals surface area contributed by atoms with Crippen LogP contribution < -0.4 is 11.5 Å². The largest absolute Gasteiger partial charge is 0.399 e. The molecule has 0 heterocycles. The van der Waals surface area contributed by atoms with E-state index in [2.05, 4.69) is 0 Å². The number of nitrogen functional groups attached to an aromatic ring is 1. The molecule has 2 amide bonds. The van der Waals surface area contributed by atoms with E-state index in [0.717, 1.165) is 5.56 Å². The Morgan fingerprint density at radius 1 is 1.28 bits per heavy atom. The first kappa shape index (κ1) is 14.0. The maximum absolute atomic E-state index is 11.7. The highest BCUT2D eigenvalue weighted by atomic mass is 16.5. The Hall–Kier alpha value is -2.08. The first-order chi connectivity index (χ1) is 8.52. The summed E-state index contributed by atoms with van der Waals surface area (Å²) in [4.78, 5) is 24.0. The van der Waals surface area contributed by atoms with E-state index in [-0.39, 0.29) is 19.1 Å². The highest BCUT2D eigenvalue weighted by molar-refractivity contribution is 5.84. The van der Waals surface area contributed by atoms with Gasteiger partial charge in [0.1, 0.15) is 6.61 Å². The number of carbonyl (C=O) groups excluding carboxylic acids is 2. The molecule has 1 rings (SSSR count). The van der Waals surface area contributed by atoms with E-state index in [4.69, 9.17) is 16.2 Å². The molecule has 1 aromatic carbocycles. The molecule has 98 valence electrons. The van der Waals surface area contributed by atoms with Gasteiger partial charge in [0, 0.05) is 19.3 Å². The second-order valence-corrected chi connectivity index (χ2v) is 3.89. The van der Waals surface area contributed by atoms with Crippen LogP contribution >= 0.6 is 0 Å². The van der Waals surface area contributed by atoms with Crippen LogP contribution in [0.4, 0.5) is 5.69 Å². The highest BCUT2D eigenvalue weighted by Gasteiger charge is 2.15. The Balaban J connectivity index is 2.74. The Bertz CT molecular complexity index is 417. The number of primary amides is 1. The molecule has 0 radical (unpaired) electrons. The summed E-state index contributed by atoms with van der Waals surface area (Å²) in [7, 11) is 1.42. The van der Waals surface area contributed by atoms with Gasteiger partial charge in [-0.2, -0.15) is 0 Å². The summed E-state index contributed by atoms with van der Waals surface area (Å²) in [6.45, 7) is 0.0836. The number of amides is 2. The van der Waals surface area contributed by atoms with Gasteiger partial charge in [-0.1, -0.05) is 12.1 Å². The summed E-state index contributed by atoms with van der Waals surface area (Å²) >= 11 is 0. The molecule has 6 heteroatoms. The van der Waals surface area contributed by atoms with Gasteiger partial charge in [-0.05, 0) is 17.7 Å². The molecule has 0 atom stereocenters. The number of rotatable bonds is 6. The van der Waals surface area contributed by atoms with Crippen LogP contribution in [0.1, 0.15) is 5.56 Å². The number of hydrogen-bond acceptors (Lipinski definition) is 4. The number of hydrogen-bond donors (Lipinski definition) is 2. The quantitative estimate of drug-likeness (QED) is 0.680. The predicted molar refractivity (Wildman–Crippen MR) is 67.3 cm³/mol. The third-order valence-corrected chi connectivity index (χ3v) is 2.32. The normalized spacial score (nSPS) is 10.1. The van der Waals surface area contributed by atoms with Crippen molar-refractivity contribution < 1.29 is 14.3 Å². The van der Waals surface area contributed by atoms with Crippen LogP contribution in [0.5, 0.6) is 0 Å². The van der Waals surface area contributed by atoms with E-state index in [1.165, 1.54) is 12.0 Å². The third-order valence-electron chi connectivity index (χ3n) is 2.32. The van der Waals surface area contributed by atoms with Crippen molar-refractivity contribution in [3.8, 4) is 0 Å². The fourth-order valence-electron chi connectivity index (χ4n) is 1.48. The molecule has 4 N–H and O–H groups in total. The van der Waals surface area contributed by atoms with Crippen LogP contribution in [0, 0.1) is 0 Å². The highest BCUT2D eigenvalue weighted by Crippen LogP contribution is 2.08. The van der Waals surface area contributed by atoms with Gasteiger partial charge in [-0.15, -0.1) is 0 Å². The minimum Gasteiger partial charge on any atom is -0.399 e. The van der Waals surface area contributed by atoms with Gasteiger partial charge in [0.15, 0.2) is 0 Å². The first-order valence-electron chi connectivity index (χ1n) is 5.42. The van der Waals surface area contributed by atoms with E-state index < -0.39 is 5.91 Å². The number of carbonyl (C=O) groups is 2. The fraction of sp³-hybridized carbons (Fsp3) is 0.333. The van der Waals surface area contributed by atoms with Crippen LogP contribution in [0.3, 0.4) is 0 Å². The zero-order valence-electron chi connectivity index (χ0n) is 10.3. The van der Waals surface area contributed by atoms with Crippen molar-refractivity contribution in [3.05, 3.63) is 29.8 Å². The lowest BCUT2D eigenvalue weighted by Crippen LogP contribution is -2.39. The molecule has 0 aromatic heterocycles. The molecule has 0 saturated heterocycles. The minimum absolute atomic E-state index is 0.0811. The van der Waals surface area contributed by atoms with Crippen LogP contribution in [0.25, 0.3) is 0 Å². The fourth-order valence-corrected chi connectivity index (χ4v) is 1.48. The van der Waals surface area contributed by atoms with Crippen LogP contribution in [0.2, 0.25) is 0 Å². The summed E-state index contributed by atoms with van der Waals surface area (Å²) in [5.41, 5.74) is 12.2. The topological polar surface area (TPSA) is 98.6 Å². The van der Waals surface area contributed by atoms with Gasteiger partial charge in [0.05, 0.1) is 6.54 Å².